The average molecular weight is 288 g/mol. The van der Waals surface area contributed by atoms with E-state index in [2.05, 4.69) is 19.2 Å². The molecule has 1 aliphatic carbocycles. The van der Waals surface area contributed by atoms with Crippen molar-refractivity contribution in [2.24, 2.45) is 0 Å². The summed E-state index contributed by atoms with van der Waals surface area (Å²) in [4.78, 5) is 0. The molecule has 2 rings (SSSR count). The molecule has 0 heterocycles. The summed E-state index contributed by atoms with van der Waals surface area (Å²) in [7, 11) is 0. The molecule has 4 N–H and O–H groups in total. The Balaban J connectivity index is 0.00000180. The lowest BCUT2D eigenvalue weighted by atomic mass is 9.83. The van der Waals surface area contributed by atoms with Crippen molar-refractivity contribution < 1.29 is 15.3 Å². The normalized spacial score (nSPS) is 21.9. The van der Waals surface area contributed by atoms with Gasteiger partial charge < -0.3 is 20.6 Å². The third-order valence-electron chi connectivity index (χ3n) is 3.55. The minimum atomic E-state index is -0.581. The number of rotatable bonds is 3. The first-order valence-electron chi connectivity index (χ1n) is 6.43. The first-order valence-corrected chi connectivity index (χ1v) is 6.43. The zero-order valence-electron chi connectivity index (χ0n) is 11.3. The number of aromatic hydroxyl groups is 1. The van der Waals surface area contributed by atoms with E-state index in [0.717, 1.165) is 24.0 Å². The molecule has 0 aliphatic heterocycles. The van der Waals surface area contributed by atoms with Gasteiger partial charge in [-0.05, 0) is 30.0 Å². The van der Waals surface area contributed by atoms with E-state index in [9.17, 15) is 15.3 Å². The second-order valence-electron chi connectivity index (χ2n) is 5.20. The Morgan fingerprint density at radius 2 is 2.05 bits per heavy atom. The van der Waals surface area contributed by atoms with E-state index < -0.39 is 6.10 Å². The quantitative estimate of drug-likeness (QED) is 0.682. The number of hydrogen-bond acceptors (Lipinski definition) is 4. The maximum absolute atomic E-state index is 10.4. The molecule has 0 unspecified atom stereocenters. The van der Waals surface area contributed by atoms with E-state index in [0.29, 0.717) is 11.6 Å². The van der Waals surface area contributed by atoms with Crippen LogP contribution in [0, 0.1) is 0 Å². The number of fused-ring (bicyclic) bond motifs is 1. The predicted octanol–water partition coefficient (Wildman–Crippen LogP) is 1.65. The van der Waals surface area contributed by atoms with Crippen LogP contribution in [0.15, 0.2) is 12.1 Å². The zero-order valence-corrected chi connectivity index (χ0v) is 12.1. The Bertz CT molecular complexity index is 437. The highest BCUT2D eigenvalue weighted by Crippen LogP contribution is 2.35. The van der Waals surface area contributed by atoms with Crippen LogP contribution < -0.4 is 5.32 Å². The molecule has 0 fully saturated rings. The fraction of sp³-hybridized carbons (Fsp3) is 0.571. The van der Waals surface area contributed by atoms with E-state index in [1.165, 1.54) is 0 Å². The van der Waals surface area contributed by atoms with Crippen molar-refractivity contribution in [2.45, 2.75) is 51.5 Å². The van der Waals surface area contributed by atoms with Crippen molar-refractivity contribution in [1.29, 1.82) is 0 Å². The van der Waals surface area contributed by atoms with Crippen LogP contribution >= 0.6 is 12.4 Å². The number of benzene rings is 1. The zero-order chi connectivity index (χ0) is 13.3. The largest absolute Gasteiger partial charge is 0.508 e. The summed E-state index contributed by atoms with van der Waals surface area (Å²) in [5.41, 5.74) is 2.27. The number of aliphatic hydroxyl groups is 2. The van der Waals surface area contributed by atoms with Crippen LogP contribution in [-0.4, -0.2) is 27.4 Å². The molecule has 1 aliphatic rings. The second kappa shape index (κ2) is 6.57. The molecule has 1 aromatic rings. The third kappa shape index (κ3) is 3.20. The van der Waals surface area contributed by atoms with Gasteiger partial charge >= 0.3 is 0 Å². The van der Waals surface area contributed by atoms with Crippen molar-refractivity contribution in [3.63, 3.8) is 0 Å². The third-order valence-corrected chi connectivity index (χ3v) is 3.55. The van der Waals surface area contributed by atoms with Gasteiger partial charge in [-0.2, -0.15) is 0 Å². The maximum atomic E-state index is 10.4. The predicted molar refractivity (Wildman–Crippen MR) is 76.6 cm³/mol. The van der Waals surface area contributed by atoms with Crippen LogP contribution in [0.1, 0.15) is 43.1 Å². The summed E-state index contributed by atoms with van der Waals surface area (Å²) in [5, 5.41) is 32.7. The molecule has 0 saturated carbocycles. The number of aliphatic hydroxyl groups excluding tert-OH is 2. The van der Waals surface area contributed by atoms with Gasteiger partial charge in [-0.1, -0.05) is 19.9 Å². The Kier molecular flexibility index (Phi) is 5.62. The van der Waals surface area contributed by atoms with Gasteiger partial charge in [-0.3, -0.25) is 0 Å². The van der Waals surface area contributed by atoms with Crippen molar-refractivity contribution in [2.75, 3.05) is 0 Å². The van der Waals surface area contributed by atoms with E-state index in [4.69, 9.17) is 0 Å². The molecule has 0 radical (unpaired) electrons. The number of nitrogens with one attached hydrogen (secondary N) is 1. The van der Waals surface area contributed by atoms with Crippen LogP contribution in [0.5, 0.6) is 5.75 Å². The summed E-state index contributed by atoms with van der Waals surface area (Å²) in [6.07, 6.45) is 0.992. The molecular formula is C14H22ClNO3. The van der Waals surface area contributed by atoms with Crippen LogP contribution in [-0.2, 0) is 13.0 Å². The van der Waals surface area contributed by atoms with Crippen molar-refractivity contribution >= 4 is 12.4 Å². The maximum Gasteiger partial charge on any atom is 0.121 e. The lowest BCUT2D eigenvalue weighted by Crippen LogP contribution is -2.42. The van der Waals surface area contributed by atoms with Gasteiger partial charge in [0.1, 0.15) is 5.75 Å². The fourth-order valence-corrected chi connectivity index (χ4v) is 2.72. The summed E-state index contributed by atoms with van der Waals surface area (Å²) in [6.45, 7) is 3.92. The summed E-state index contributed by atoms with van der Waals surface area (Å²) < 4.78 is 0. The van der Waals surface area contributed by atoms with Gasteiger partial charge in [0, 0.05) is 17.6 Å². The molecular weight excluding hydrogens is 266 g/mol. The molecule has 4 nitrogen and oxygen atoms in total. The Hall–Kier alpha value is -0.810. The van der Waals surface area contributed by atoms with Gasteiger partial charge in [-0.15, -0.1) is 12.4 Å². The number of hydrogen-bond donors (Lipinski definition) is 4. The Morgan fingerprint density at radius 3 is 2.63 bits per heavy atom. The van der Waals surface area contributed by atoms with Crippen molar-refractivity contribution in [1.82, 2.24) is 5.32 Å². The van der Waals surface area contributed by atoms with Gasteiger partial charge in [0.05, 0.1) is 12.7 Å². The molecule has 108 valence electrons. The van der Waals surface area contributed by atoms with Crippen LogP contribution in [0.2, 0.25) is 0 Å². The average Bonchev–Trinajstić information content (AvgIpc) is 2.32. The van der Waals surface area contributed by atoms with Gasteiger partial charge in [0.15, 0.2) is 0 Å². The van der Waals surface area contributed by atoms with Crippen LogP contribution in [0.3, 0.4) is 0 Å². The first kappa shape index (κ1) is 16.2. The monoisotopic (exact) mass is 287 g/mol. The molecule has 0 amide bonds. The molecule has 0 bridgehead atoms. The summed E-state index contributed by atoms with van der Waals surface area (Å²) in [6, 6.07) is 3.66. The summed E-state index contributed by atoms with van der Waals surface area (Å²) >= 11 is 0. The molecule has 1 aromatic carbocycles. The van der Waals surface area contributed by atoms with Crippen LogP contribution in [0.4, 0.5) is 0 Å². The molecule has 0 spiro atoms. The number of phenols is 1. The minimum Gasteiger partial charge on any atom is -0.508 e. The van der Waals surface area contributed by atoms with E-state index in [1.807, 2.05) is 0 Å². The minimum absolute atomic E-state index is 0. The van der Waals surface area contributed by atoms with Gasteiger partial charge in [0.25, 0.3) is 0 Å². The molecule has 5 heteroatoms. The molecule has 0 saturated heterocycles. The lowest BCUT2D eigenvalue weighted by Gasteiger charge is -2.33. The fourth-order valence-electron chi connectivity index (χ4n) is 2.72. The number of halogens is 1. The molecule has 2 atom stereocenters. The van der Waals surface area contributed by atoms with E-state index in [1.54, 1.807) is 12.1 Å². The highest BCUT2D eigenvalue weighted by Gasteiger charge is 2.30. The lowest BCUT2D eigenvalue weighted by molar-refractivity contribution is 0.110. The van der Waals surface area contributed by atoms with Crippen LogP contribution in [0.25, 0.3) is 0 Å². The summed E-state index contributed by atoms with van der Waals surface area (Å²) in [5.74, 6) is 0.110. The Morgan fingerprint density at radius 1 is 1.37 bits per heavy atom. The highest BCUT2D eigenvalue weighted by molar-refractivity contribution is 5.85. The molecule has 19 heavy (non-hydrogen) atoms. The smallest absolute Gasteiger partial charge is 0.121 e. The molecule has 0 aromatic heterocycles. The van der Waals surface area contributed by atoms with Gasteiger partial charge in [-0.25, -0.2) is 0 Å². The highest BCUT2D eigenvalue weighted by atomic mass is 35.5. The topological polar surface area (TPSA) is 72.7 Å². The standard InChI is InChI=1S/C14H21NO3.ClH/c1-8(2)15-12-5-3-9-10(14(12)18)4-6-13(17)11(9)7-16;/h4,6,8,12,14-18H,3,5,7H2,1-2H3;1H/t12-,14-;/m1./s1. The van der Waals surface area contributed by atoms with Crippen molar-refractivity contribution in [3.8, 4) is 5.75 Å². The van der Waals surface area contributed by atoms with Gasteiger partial charge in [0.2, 0.25) is 0 Å². The first-order chi connectivity index (χ1) is 8.54. The van der Waals surface area contributed by atoms with Crippen molar-refractivity contribution in [3.05, 3.63) is 28.8 Å². The second-order valence-corrected chi connectivity index (χ2v) is 5.20. The SMILES string of the molecule is CC(C)N[C@@H]1CCc2c(ccc(O)c2CO)[C@H]1O.Cl. The van der Waals surface area contributed by atoms with E-state index in [-0.39, 0.29) is 30.8 Å². The van der Waals surface area contributed by atoms with E-state index >= 15 is 0 Å². The Labute approximate surface area is 119 Å².